The molecule has 1 aromatic heterocycles. The Morgan fingerprint density at radius 3 is 2.43 bits per heavy atom. The van der Waals surface area contributed by atoms with E-state index in [1.54, 1.807) is 0 Å². The number of rotatable bonds is 3. The van der Waals surface area contributed by atoms with Gasteiger partial charge in [-0.05, 0) is 43.0 Å². The molecule has 0 spiro atoms. The van der Waals surface area contributed by atoms with Crippen molar-refractivity contribution in [3.05, 3.63) is 58.7 Å². The third kappa shape index (κ3) is 2.27. The lowest BCUT2D eigenvalue weighted by atomic mass is 10.0. The number of H-pyrrole nitrogens is 1. The van der Waals surface area contributed by atoms with E-state index in [9.17, 15) is 4.79 Å². The predicted molar refractivity (Wildman–Crippen MR) is 88.0 cm³/mol. The Bertz CT molecular complexity index is 810. The highest BCUT2D eigenvalue weighted by atomic mass is 16.1. The van der Waals surface area contributed by atoms with Crippen molar-refractivity contribution >= 4 is 17.2 Å². The van der Waals surface area contributed by atoms with Crippen LogP contribution < -0.4 is 0 Å². The van der Waals surface area contributed by atoms with E-state index in [0.717, 1.165) is 40.4 Å². The van der Waals surface area contributed by atoms with Crippen LogP contribution in [0.3, 0.4) is 0 Å². The molecule has 0 aliphatic heterocycles. The summed E-state index contributed by atoms with van der Waals surface area (Å²) in [7, 11) is 0. The second-order valence-corrected chi connectivity index (χ2v) is 5.59. The Hall–Kier alpha value is -2.35. The first kappa shape index (κ1) is 13.6. The molecule has 0 amide bonds. The highest BCUT2D eigenvalue weighted by molar-refractivity contribution is 6.05. The summed E-state index contributed by atoms with van der Waals surface area (Å²) in [6.07, 6.45) is 1.98. The molecular weight excluding hydrogens is 258 g/mol. The summed E-state index contributed by atoms with van der Waals surface area (Å²) in [5.41, 5.74) is 7.42. The number of nitrogens with one attached hydrogen (secondary N) is 1. The van der Waals surface area contributed by atoms with Gasteiger partial charge in [0.05, 0.1) is 5.69 Å². The second-order valence-electron chi connectivity index (χ2n) is 5.59. The van der Waals surface area contributed by atoms with Gasteiger partial charge in [0.25, 0.3) is 0 Å². The first-order valence-corrected chi connectivity index (χ1v) is 7.31. The lowest BCUT2D eigenvalue weighted by molar-refractivity contribution is 0.112. The summed E-state index contributed by atoms with van der Waals surface area (Å²) in [6.45, 7) is 6.27. The summed E-state index contributed by atoms with van der Waals surface area (Å²) < 4.78 is 0. The normalized spacial score (nSPS) is 11.0. The highest BCUT2D eigenvalue weighted by Gasteiger charge is 2.14. The number of benzene rings is 2. The van der Waals surface area contributed by atoms with Crippen LogP contribution >= 0.6 is 0 Å². The summed E-state index contributed by atoms with van der Waals surface area (Å²) in [5, 5.41) is 1.01. The largest absolute Gasteiger partial charge is 0.354 e. The first-order chi connectivity index (χ1) is 10.1. The van der Waals surface area contributed by atoms with Gasteiger partial charge in [-0.3, -0.25) is 4.79 Å². The number of hydrogen-bond donors (Lipinski definition) is 1. The van der Waals surface area contributed by atoms with Gasteiger partial charge in [0, 0.05) is 16.5 Å². The molecule has 0 radical (unpaired) electrons. The third-order valence-electron chi connectivity index (χ3n) is 4.06. The SMILES string of the molecule is CCc1ccc(-c2[nH]c3c(C)cc(C)cc3c2C=O)cc1. The van der Waals surface area contributed by atoms with Gasteiger partial charge in [0.15, 0.2) is 6.29 Å². The third-order valence-corrected chi connectivity index (χ3v) is 4.06. The van der Waals surface area contributed by atoms with E-state index in [1.165, 1.54) is 16.7 Å². The van der Waals surface area contributed by atoms with Crippen molar-refractivity contribution in [2.75, 3.05) is 0 Å². The van der Waals surface area contributed by atoms with Gasteiger partial charge >= 0.3 is 0 Å². The number of aromatic nitrogens is 1. The van der Waals surface area contributed by atoms with Crippen molar-refractivity contribution in [2.24, 2.45) is 0 Å². The Kier molecular flexibility index (Phi) is 3.38. The van der Waals surface area contributed by atoms with Crippen LogP contribution in [0.4, 0.5) is 0 Å². The summed E-state index contributed by atoms with van der Waals surface area (Å²) in [6, 6.07) is 12.6. The van der Waals surface area contributed by atoms with E-state index in [1.807, 2.05) is 0 Å². The molecule has 1 heterocycles. The fourth-order valence-electron chi connectivity index (χ4n) is 2.93. The minimum atomic E-state index is 0.751. The van der Waals surface area contributed by atoms with Crippen LogP contribution in [0.15, 0.2) is 36.4 Å². The molecule has 3 aromatic rings. The zero-order valence-electron chi connectivity index (χ0n) is 12.7. The van der Waals surface area contributed by atoms with Gasteiger partial charge in [0.2, 0.25) is 0 Å². The Labute approximate surface area is 124 Å². The fraction of sp³-hybridized carbons (Fsp3) is 0.211. The van der Waals surface area contributed by atoms with Crippen LogP contribution in [0.1, 0.15) is 34.0 Å². The Morgan fingerprint density at radius 1 is 1.10 bits per heavy atom. The molecule has 2 aromatic carbocycles. The minimum Gasteiger partial charge on any atom is -0.354 e. The number of aromatic amines is 1. The maximum absolute atomic E-state index is 11.6. The second kappa shape index (κ2) is 5.21. The van der Waals surface area contributed by atoms with E-state index in [2.05, 4.69) is 62.2 Å². The molecule has 2 heteroatoms. The van der Waals surface area contributed by atoms with Gasteiger partial charge in [-0.15, -0.1) is 0 Å². The molecule has 21 heavy (non-hydrogen) atoms. The van der Waals surface area contributed by atoms with Crippen molar-refractivity contribution < 1.29 is 4.79 Å². The monoisotopic (exact) mass is 277 g/mol. The lowest BCUT2D eigenvalue weighted by Crippen LogP contribution is -1.86. The van der Waals surface area contributed by atoms with Crippen molar-refractivity contribution in [1.82, 2.24) is 4.98 Å². The predicted octanol–water partition coefficient (Wildman–Crippen LogP) is 4.83. The topological polar surface area (TPSA) is 32.9 Å². The zero-order chi connectivity index (χ0) is 15.0. The highest BCUT2D eigenvalue weighted by Crippen LogP contribution is 2.31. The van der Waals surface area contributed by atoms with E-state index in [-0.39, 0.29) is 0 Å². The fourth-order valence-corrected chi connectivity index (χ4v) is 2.93. The number of aryl methyl sites for hydroxylation is 3. The van der Waals surface area contributed by atoms with E-state index >= 15 is 0 Å². The number of carbonyl (C=O) groups excluding carboxylic acids is 1. The Morgan fingerprint density at radius 2 is 1.81 bits per heavy atom. The average Bonchev–Trinajstić information content (AvgIpc) is 2.86. The van der Waals surface area contributed by atoms with Gasteiger partial charge < -0.3 is 4.98 Å². The van der Waals surface area contributed by atoms with Gasteiger partial charge in [-0.25, -0.2) is 0 Å². The molecule has 3 rings (SSSR count). The zero-order valence-corrected chi connectivity index (χ0v) is 12.7. The van der Waals surface area contributed by atoms with Crippen LogP contribution in [0, 0.1) is 13.8 Å². The first-order valence-electron chi connectivity index (χ1n) is 7.31. The molecule has 0 saturated carbocycles. The van der Waals surface area contributed by atoms with Crippen molar-refractivity contribution in [2.45, 2.75) is 27.2 Å². The van der Waals surface area contributed by atoms with E-state index in [0.29, 0.717) is 0 Å². The summed E-state index contributed by atoms with van der Waals surface area (Å²) in [4.78, 5) is 15.0. The average molecular weight is 277 g/mol. The van der Waals surface area contributed by atoms with Crippen LogP contribution in [0.5, 0.6) is 0 Å². The summed E-state index contributed by atoms with van der Waals surface area (Å²) in [5.74, 6) is 0. The molecule has 1 N–H and O–H groups in total. The van der Waals surface area contributed by atoms with Crippen molar-refractivity contribution in [1.29, 1.82) is 0 Å². The molecule has 0 aliphatic rings. The molecular formula is C19H19NO. The maximum atomic E-state index is 11.6. The van der Waals surface area contributed by atoms with Gasteiger partial charge in [-0.1, -0.05) is 42.8 Å². The van der Waals surface area contributed by atoms with Gasteiger partial charge in [0.1, 0.15) is 0 Å². The quantitative estimate of drug-likeness (QED) is 0.683. The maximum Gasteiger partial charge on any atom is 0.152 e. The number of hydrogen-bond acceptors (Lipinski definition) is 1. The van der Waals surface area contributed by atoms with Gasteiger partial charge in [-0.2, -0.15) is 0 Å². The summed E-state index contributed by atoms with van der Waals surface area (Å²) >= 11 is 0. The van der Waals surface area contributed by atoms with E-state index in [4.69, 9.17) is 0 Å². The molecule has 0 unspecified atom stereocenters. The van der Waals surface area contributed by atoms with E-state index < -0.39 is 0 Å². The smallest absolute Gasteiger partial charge is 0.152 e. The van der Waals surface area contributed by atoms with Crippen LogP contribution in [0.2, 0.25) is 0 Å². The lowest BCUT2D eigenvalue weighted by Gasteiger charge is -2.02. The number of aldehydes is 1. The molecule has 0 saturated heterocycles. The van der Waals surface area contributed by atoms with Crippen LogP contribution in [-0.2, 0) is 6.42 Å². The molecule has 0 fully saturated rings. The molecule has 0 atom stereocenters. The molecule has 0 aliphatic carbocycles. The van der Waals surface area contributed by atoms with Crippen LogP contribution in [0.25, 0.3) is 22.2 Å². The molecule has 106 valence electrons. The Balaban J connectivity index is 2.26. The minimum absolute atomic E-state index is 0.751. The van der Waals surface area contributed by atoms with Crippen molar-refractivity contribution in [3.8, 4) is 11.3 Å². The van der Waals surface area contributed by atoms with Crippen molar-refractivity contribution in [3.63, 3.8) is 0 Å². The molecule has 0 bridgehead atoms. The molecule has 2 nitrogen and oxygen atoms in total. The number of carbonyl (C=O) groups is 1. The van der Waals surface area contributed by atoms with Crippen LogP contribution in [-0.4, -0.2) is 11.3 Å². The standard InChI is InChI=1S/C19H19NO/c1-4-14-5-7-15(8-6-14)19-17(11-21)16-10-12(2)9-13(3)18(16)20-19/h5-11,20H,4H2,1-3H3. The number of fused-ring (bicyclic) bond motifs is 1.